The highest BCUT2D eigenvalue weighted by Crippen LogP contribution is 2.31. The van der Waals surface area contributed by atoms with Crippen molar-refractivity contribution in [3.63, 3.8) is 0 Å². The zero-order valence-electron chi connectivity index (χ0n) is 11.5. The Hall–Kier alpha value is -0.810. The zero-order valence-corrected chi connectivity index (χ0v) is 13.1. The Bertz CT molecular complexity index is 498. The van der Waals surface area contributed by atoms with Gasteiger partial charge in [0.1, 0.15) is 11.8 Å². The molecule has 2 aromatic heterocycles. The fraction of sp³-hybridized carbons (Fsp3) is 0.467. The van der Waals surface area contributed by atoms with Crippen molar-refractivity contribution in [1.29, 1.82) is 0 Å². The molecule has 0 aliphatic carbocycles. The third-order valence-corrected chi connectivity index (χ3v) is 4.54. The van der Waals surface area contributed by atoms with E-state index in [1.807, 2.05) is 24.3 Å². The molecule has 0 fully saturated rings. The second-order valence-electron chi connectivity index (χ2n) is 4.97. The summed E-state index contributed by atoms with van der Waals surface area (Å²) in [6.45, 7) is 3.19. The first-order valence-electron chi connectivity index (χ1n) is 6.83. The van der Waals surface area contributed by atoms with Crippen LogP contribution in [0.25, 0.3) is 0 Å². The maximum atomic E-state index is 9.03. The van der Waals surface area contributed by atoms with E-state index in [-0.39, 0.29) is 12.6 Å². The Morgan fingerprint density at radius 3 is 2.85 bits per heavy atom. The summed E-state index contributed by atoms with van der Waals surface area (Å²) in [7, 11) is 0. The first-order valence-corrected chi connectivity index (χ1v) is 8.03. The molecule has 0 aliphatic heterocycles. The quantitative estimate of drug-likeness (QED) is 0.722. The maximum Gasteiger partial charge on any atom is 0.126 e. The Morgan fingerprint density at radius 1 is 1.40 bits per heavy atom. The summed E-state index contributed by atoms with van der Waals surface area (Å²) in [4.78, 5) is 1.15. The highest BCUT2D eigenvalue weighted by molar-refractivity contribution is 7.16. The van der Waals surface area contributed by atoms with E-state index < -0.39 is 0 Å². The molecule has 0 spiro atoms. The lowest BCUT2D eigenvalue weighted by Crippen LogP contribution is -2.23. The molecule has 0 aliphatic rings. The number of aliphatic hydroxyl groups is 1. The molecule has 20 heavy (non-hydrogen) atoms. The SMILES string of the molecule is CC(CO)CCCNC(c1ccco1)c1ccc(Cl)s1. The number of nitrogens with one attached hydrogen (secondary N) is 1. The summed E-state index contributed by atoms with van der Waals surface area (Å²) in [5, 5.41) is 12.5. The smallest absolute Gasteiger partial charge is 0.126 e. The Balaban J connectivity index is 1.94. The molecule has 0 saturated heterocycles. The predicted molar refractivity (Wildman–Crippen MR) is 83.4 cm³/mol. The molecular formula is C15H20ClNO2S. The van der Waals surface area contributed by atoms with Gasteiger partial charge in [0, 0.05) is 11.5 Å². The predicted octanol–water partition coefficient (Wildman–Crippen LogP) is 4.08. The summed E-state index contributed by atoms with van der Waals surface area (Å²) in [5.41, 5.74) is 0. The van der Waals surface area contributed by atoms with Crippen LogP contribution in [0.15, 0.2) is 34.9 Å². The van der Waals surface area contributed by atoms with Crippen molar-refractivity contribution in [2.24, 2.45) is 5.92 Å². The topological polar surface area (TPSA) is 45.4 Å². The first kappa shape index (κ1) is 15.6. The summed E-state index contributed by atoms with van der Waals surface area (Å²) >= 11 is 7.59. The molecule has 2 aromatic rings. The molecule has 0 saturated carbocycles. The van der Waals surface area contributed by atoms with Crippen LogP contribution < -0.4 is 5.32 Å². The Kier molecular flexibility index (Phi) is 6.10. The number of rotatable bonds is 8. The maximum absolute atomic E-state index is 9.03. The average molecular weight is 314 g/mol. The molecule has 5 heteroatoms. The van der Waals surface area contributed by atoms with Crippen LogP contribution in [0.5, 0.6) is 0 Å². The second-order valence-corrected chi connectivity index (χ2v) is 6.72. The monoisotopic (exact) mass is 313 g/mol. The fourth-order valence-corrected chi connectivity index (χ4v) is 3.21. The van der Waals surface area contributed by atoms with E-state index in [1.54, 1.807) is 17.6 Å². The van der Waals surface area contributed by atoms with Gasteiger partial charge in [-0.25, -0.2) is 0 Å². The molecule has 2 heterocycles. The Labute approximate surface area is 128 Å². The summed E-state index contributed by atoms with van der Waals surface area (Å²) < 4.78 is 6.30. The van der Waals surface area contributed by atoms with Crippen LogP contribution in [0.1, 0.15) is 36.4 Å². The standard InChI is InChI=1S/C15H20ClNO2S/c1-11(10-18)4-2-8-17-15(12-5-3-9-19-12)13-6-7-14(16)20-13/h3,5-7,9,11,15,17-18H,2,4,8,10H2,1H3. The van der Waals surface area contributed by atoms with Gasteiger partial charge in [0.25, 0.3) is 0 Å². The number of hydrogen-bond donors (Lipinski definition) is 2. The molecule has 2 unspecified atom stereocenters. The minimum absolute atomic E-state index is 0.0481. The number of furan rings is 1. The van der Waals surface area contributed by atoms with Gasteiger partial charge in [0.15, 0.2) is 0 Å². The van der Waals surface area contributed by atoms with Crippen LogP contribution in [0, 0.1) is 5.92 Å². The summed E-state index contributed by atoms with van der Waals surface area (Å²) in [6.07, 6.45) is 3.73. The van der Waals surface area contributed by atoms with Crippen molar-refractivity contribution in [2.75, 3.05) is 13.2 Å². The van der Waals surface area contributed by atoms with Crippen molar-refractivity contribution >= 4 is 22.9 Å². The molecule has 0 aromatic carbocycles. The zero-order chi connectivity index (χ0) is 14.4. The van der Waals surface area contributed by atoms with Crippen molar-refractivity contribution in [3.8, 4) is 0 Å². The Morgan fingerprint density at radius 2 is 2.25 bits per heavy atom. The molecule has 0 radical (unpaired) electrons. The first-order chi connectivity index (χ1) is 9.70. The van der Waals surface area contributed by atoms with Crippen LogP contribution in [0.4, 0.5) is 0 Å². The van der Waals surface area contributed by atoms with Crippen molar-refractivity contribution in [2.45, 2.75) is 25.8 Å². The molecule has 0 bridgehead atoms. The van der Waals surface area contributed by atoms with Gasteiger partial charge < -0.3 is 14.8 Å². The molecule has 2 N–H and O–H groups in total. The van der Waals surface area contributed by atoms with Crippen LogP contribution in [-0.4, -0.2) is 18.3 Å². The summed E-state index contributed by atoms with van der Waals surface area (Å²) in [5.74, 6) is 1.26. The van der Waals surface area contributed by atoms with E-state index in [0.717, 1.165) is 34.4 Å². The van der Waals surface area contributed by atoms with Gasteiger partial charge >= 0.3 is 0 Å². The summed E-state index contributed by atoms with van der Waals surface area (Å²) in [6, 6.07) is 7.86. The highest BCUT2D eigenvalue weighted by atomic mass is 35.5. The number of halogens is 1. The highest BCUT2D eigenvalue weighted by Gasteiger charge is 2.18. The lowest BCUT2D eigenvalue weighted by Gasteiger charge is -2.16. The minimum atomic E-state index is 0.0481. The van der Waals surface area contributed by atoms with Gasteiger partial charge in [-0.2, -0.15) is 0 Å². The van der Waals surface area contributed by atoms with Crippen LogP contribution in [0.3, 0.4) is 0 Å². The van der Waals surface area contributed by atoms with E-state index in [0.29, 0.717) is 5.92 Å². The van der Waals surface area contributed by atoms with Crippen molar-refractivity contribution in [1.82, 2.24) is 5.32 Å². The van der Waals surface area contributed by atoms with Crippen LogP contribution >= 0.6 is 22.9 Å². The molecule has 2 rings (SSSR count). The van der Waals surface area contributed by atoms with Crippen LogP contribution in [-0.2, 0) is 0 Å². The number of hydrogen-bond acceptors (Lipinski definition) is 4. The van der Waals surface area contributed by atoms with E-state index in [1.165, 1.54) is 0 Å². The molecule has 110 valence electrons. The molecule has 2 atom stereocenters. The van der Waals surface area contributed by atoms with Gasteiger partial charge in [-0.15, -0.1) is 11.3 Å². The van der Waals surface area contributed by atoms with Gasteiger partial charge in [0.05, 0.1) is 10.6 Å². The van der Waals surface area contributed by atoms with Gasteiger partial charge in [-0.1, -0.05) is 18.5 Å². The lowest BCUT2D eigenvalue weighted by molar-refractivity contribution is 0.227. The largest absolute Gasteiger partial charge is 0.467 e. The van der Waals surface area contributed by atoms with Crippen LogP contribution in [0.2, 0.25) is 4.34 Å². The van der Waals surface area contributed by atoms with Gasteiger partial charge in [0.2, 0.25) is 0 Å². The molecular weight excluding hydrogens is 294 g/mol. The van der Waals surface area contributed by atoms with Crippen molar-refractivity contribution < 1.29 is 9.52 Å². The molecule has 3 nitrogen and oxygen atoms in total. The fourth-order valence-electron chi connectivity index (χ4n) is 2.07. The van der Waals surface area contributed by atoms with Crippen molar-refractivity contribution in [3.05, 3.63) is 45.5 Å². The number of thiophene rings is 1. The van der Waals surface area contributed by atoms with E-state index in [2.05, 4.69) is 12.2 Å². The van der Waals surface area contributed by atoms with E-state index in [4.69, 9.17) is 21.1 Å². The molecule has 0 amide bonds. The third kappa shape index (κ3) is 4.35. The number of aliphatic hydroxyl groups excluding tert-OH is 1. The van der Waals surface area contributed by atoms with E-state index >= 15 is 0 Å². The van der Waals surface area contributed by atoms with E-state index in [9.17, 15) is 0 Å². The second kappa shape index (κ2) is 7.84. The average Bonchev–Trinajstić information content (AvgIpc) is 3.10. The lowest BCUT2D eigenvalue weighted by atomic mass is 10.1. The normalized spacial score (nSPS) is 14.3. The van der Waals surface area contributed by atoms with Gasteiger partial charge in [-0.3, -0.25) is 0 Å². The van der Waals surface area contributed by atoms with Gasteiger partial charge in [-0.05, 0) is 49.6 Å². The minimum Gasteiger partial charge on any atom is -0.467 e. The third-order valence-electron chi connectivity index (χ3n) is 3.24.